The average molecular weight is 413 g/mol. The highest BCUT2D eigenvalue weighted by molar-refractivity contribution is 8.00. The molecular weight excluding hydrogens is 396 g/mol. The van der Waals surface area contributed by atoms with E-state index in [-0.39, 0.29) is 30.4 Å². The number of hydrogen-bond acceptors (Lipinski definition) is 4. The Morgan fingerprint density at radius 2 is 2.04 bits per heavy atom. The zero-order valence-electron chi connectivity index (χ0n) is 12.8. The van der Waals surface area contributed by atoms with Crippen LogP contribution in [0.1, 0.15) is 12.8 Å². The van der Waals surface area contributed by atoms with Gasteiger partial charge in [0.1, 0.15) is 18.5 Å². The minimum Gasteiger partial charge on any atom is -0.460 e. The standard InChI is InChI=1S/C16H17Cl3FNO2S/c17-16(18,19)9-23-15(22)14-10-5-6-21(14)8-13(7-10)24-12-3-1-11(20)2-4-12/h1-4,10,13-14H,5-9H2. The predicted molar refractivity (Wildman–Crippen MR) is 95.4 cm³/mol. The number of alkyl halides is 3. The molecule has 4 unspecified atom stereocenters. The van der Waals surface area contributed by atoms with Crippen LogP contribution in [0.3, 0.4) is 0 Å². The Bertz CT molecular complexity index is 582. The average Bonchev–Trinajstić information content (AvgIpc) is 2.78. The first-order valence-electron chi connectivity index (χ1n) is 7.71. The van der Waals surface area contributed by atoms with Gasteiger partial charge in [0, 0.05) is 16.7 Å². The maximum Gasteiger partial charge on any atom is 0.323 e. The van der Waals surface area contributed by atoms with Crippen molar-refractivity contribution in [2.24, 2.45) is 5.92 Å². The van der Waals surface area contributed by atoms with E-state index in [0.717, 1.165) is 30.8 Å². The van der Waals surface area contributed by atoms with Crippen LogP contribution in [0.15, 0.2) is 29.2 Å². The quantitative estimate of drug-likeness (QED) is 0.545. The van der Waals surface area contributed by atoms with Crippen LogP contribution in [0.5, 0.6) is 0 Å². The van der Waals surface area contributed by atoms with Crippen molar-refractivity contribution >= 4 is 52.5 Å². The summed E-state index contributed by atoms with van der Waals surface area (Å²) in [6, 6.07) is 6.27. The second kappa shape index (κ2) is 7.58. The largest absolute Gasteiger partial charge is 0.460 e. The van der Waals surface area contributed by atoms with Gasteiger partial charge in [-0.05, 0) is 49.6 Å². The number of nitrogens with zero attached hydrogens (tertiary/aromatic N) is 1. The van der Waals surface area contributed by atoms with E-state index in [2.05, 4.69) is 4.90 Å². The molecule has 24 heavy (non-hydrogen) atoms. The number of esters is 1. The van der Waals surface area contributed by atoms with E-state index in [1.54, 1.807) is 23.9 Å². The molecule has 2 aliphatic heterocycles. The Hall–Kier alpha value is -0.200. The van der Waals surface area contributed by atoms with Crippen LogP contribution < -0.4 is 0 Å². The molecule has 0 radical (unpaired) electrons. The molecule has 8 heteroatoms. The van der Waals surface area contributed by atoms with E-state index in [1.165, 1.54) is 12.1 Å². The zero-order valence-corrected chi connectivity index (χ0v) is 15.8. The fourth-order valence-corrected chi connectivity index (χ4v) is 4.87. The summed E-state index contributed by atoms with van der Waals surface area (Å²) in [4.78, 5) is 15.5. The van der Waals surface area contributed by atoms with Gasteiger partial charge in [-0.2, -0.15) is 0 Å². The summed E-state index contributed by atoms with van der Waals surface area (Å²) in [6.07, 6.45) is 1.89. The molecular formula is C16H17Cl3FNO2S. The lowest BCUT2D eigenvalue weighted by molar-refractivity contribution is -0.151. The van der Waals surface area contributed by atoms with Crippen molar-refractivity contribution < 1.29 is 13.9 Å². The lowest BCUT2D eigenvalue weighted by Gasteiger charge is -2.36. The summed E-state index contributed by atoms with van der Waals surface area (Å²) in [6.45, 7) is 1.44. The number of carbonyl (C=O) groups is 1. The molecule has 0 spiro atoms. The number of piperidine rings is 1. The monoisotopic (exact) mass is 411 g/mol. The Morgan fingerprint density at radius 3 is 2.67 bits per heavy atom. The van der Waals surface area contributed by atoms with Crippen molar-refractivity contribution in [3.8, 4) is 0 Å². The fourth-order valence-electron chi connectivity index (χ4n) is 3.42. The first-order valence-corrected chi connectivity index (χ1v) is 9.73. The number of benzene rings is 1. The van der Waals surface area contributed by atoms with E-state index >= 15 is 0 Å². The minimum atomic E-state index is -1.58. The first-order chi connectivity index (χ1) is 11.3. The van der Waals surface area contributed by atoms with Gasteiger partial charge < -0.3 is 4.74 Å². The highest BCUT2D eigenvalue weighted by atomic mass is 35.6. The number of hydrogen-bond donors (Lipinski definition) is 0. The molecule has 0 amide bonds. The van der Waals surface area contributed by atoms with Crippen molar-refractivity contribution in [1.82, 2.24) is 4.90 Å². The summed E-state index contributed by atoms with van der Waals surface area (Å²) in [5.74, 6) is -0.294. The second-order valence-electron chi connectivity index (χ2n) is 6.14. The van der Waals surface area contributed by atoms with Crippen LogP contribution in [-0.2, 0) is 9.53 Å². The lowest BCUT2D eigenvalue weighted by Crippen LogP contribution is -2.48. The molecule has 3 rings (SSSR count). The molecule has 3 nitrogen and oxygen atoms in total. The van der Waals surface area contributed by atoms with Gasteiger partial charge in [-0.1, -0.05) is 34.8 Å². The summed E-state index contributed by atoms with van der Waals surface area (Å²) >= 11 is 18.6. The van der Waals surface area contributed by atoms with Crippen molar-refractivity contribution in [2.45, 2.75) is 32.8 Å². The third kappa shape index (κ3) is 4.70. The Kier molecular flexibility index (Phi) is 5.87. The van der Waals surface area contributed by atoms with Gasteiger partial charge >= 0.3 is 5.97 Å². The molecule has 2 fully saturated rings. The van der Waals surface area contributed by atoms with E-state index in [1.807, 2.05) is 0 Å². The molecule has 2 heterocycles. The van der Waals surface area contributed by atoms with Crippen molar-refractivity contribution in [1.29, 1.82) is 0 Å². The molecule has 0 N–H and O–H groups in total. The molecule has 4 atom stereocenters. The number of carbonyl (C=O) groups excluding carboxylic acids is 1. The Morgan fingerprint density at radius 1 is 1.33 bits per heavy atom. The molecule has 2 bridgehead atoms. The summed E-state index contributed by atoms with van der Waals surface area (Å²) in [5.41, 5.74) is 0. The summed E-state index contributed by atoms with van der Waals surface area (Å²) < 4.78 is 16.6. The van der Waals surface area contributed by atoms with Gasteiger partial charge in [0.05, 0.1) is 0 Å². The van der Waals surface area contributed by atoms with Gasteiger partial charge in [-0.15, -0.1) is 11.8 Å². The third-order valence-corrected chi connectivity index (χ3v) is 5.91. The molecule has 2 aliphatic rings. The number of rotatable bonds is 4. The van der Waals surface area contributed by atoms with Crippen molar-refractivity contribution in [3.05, 3.63) is 30.1 Å². The van der Waals surface area contributed by atoms with Crippen LogP contribution in [0.4, 0.5) is 4.39 Å². The van der Waals surface area contributed by atoms with Gasteiger partial charge in [-0.3, -0.25) is 9.69 Å². The molecule has 132 valence electrons. The molecule has 0 aliphatic carbocycles. The topological polar surface area (TPSA) is 29.5 Å². The Balaban J connectivity index is 1.58. The molecule has 0 saturated carbocycles. The van der Waals surface area contributed by atoms with Gasteiger partial charge in [0.2, 0.25) is 3.79 Å². The zero-order chi connectivity index (χ0) is 17.3. The fraction of sp³-hybridized carbons (Fsp3) is 0.562. The number of halogens is 4. The normalized spacial score (nSPS) is 29.5. The molecule has 0 aromatic heterocycles. The maximum absolute atomic E-state index is 13.0. The predicted octanol–water partition coefficient (Wildman–Crippen LogP) is 4.29. The van der Waals surface area contributed by atoms with Gasteiger partial charge in [-0.25, -0.2) is 4.39 Å². The van der Waals surface area contributed by atoms with Crippen LogP contribution in [0, 0.1) is 11.7 Å². The molecule has 1 aromatic rings. The van der Waals surface area contributed by atoms with Gasteiger partial charge in [0.25, 0.3) is 0 Å². The minimum absolute atomic E-state index is 0.233. The first kappa shape index (κ1) is 18.6. The van der Waals surface area contributed by atoms with E-state index in [9.17, 15) is 9.18 Å². The van der Waals surface area contributed by atoms with E-state index in [4.69, 9.17) is 39.5 Å². The Labute approximate surface area is 159 Å². The lowest BCUT2D eigenvalue weighted by atomic mass is 9.92. The smallest absolute Gasteiger partial charge is 0.323 e. The number of fused-ring (bicyclic) bond motifs is 2. The van der Waals surface area contributed by atoms with Crippen LogP contribution in [0.2, 0.25) is 0 Å². The van der Waals surface area contributed by atoms with Gasteiger partial charge in [0.15, 0.2) is 0 Å². The summed E-state index contributed by atoms with van der Waals surface area (Å²) in [7, 11) is 0. The second-order valence-corrected chi connectivity index (χ2v) is 10.0. The highest BCUT2D eigenvalue weighted by Gasteiger charge is 2.46. The number of ether oxygens (including phenoxy) is 1. The molecule has 2 saturated heterocycles. The van der Waals surface area contributed by atoms with Crippen molar-refractivity contribution in [2.75, 3.05) is 19.7 Å². The number of thioether (sulfide) groups is 1. The third-order valence-electron chi connectivity index (χ3n) is 4.37. The SMILES string of the molecule is O=C(OCC(Cl)(Cl)Cl)C1C2CCN1CC(Sc1ccc(F)cc1)C2. The van der Waals surface area contributed by atoms with Crippen molar-refractivity contribution in [3.63, 3.8) is 0 Å². The molecule has 1 aromatic carbocycles. The van der Waals surface area contributed by atoms with E-state index < -0.39 is 3.79 Å². The summed E-state index contributed by atoms with van der Waals surface area (Å²) in [5, 5.41) is 0.375. The van der Waals surface area contributed by atoms with Crippen LogP contribution in [-0.4, -0.2) is 45.6 Å². The van der Waals surface area contributed by atoms with E-state index in [0.29, 0.717) is 5.25 Å². The van der Waals surface area contributed by atoms with Crippen LogP contribution >= 0.6 is 46.6 Å². The van der Waals surface area contributed by atoms with Crippen LogP contribution in [0.25, 0.3) is 0 Å². The maximum atomic E-state index is 13.0. The highest BCUT2D eigenvalue weighted by Crippen LogP contribution is 2.40.